The van der Waals surface area contributed by atoms with Crippen LogP contribution in [-0.4, -0.2) is 19.4 Å². The molecule has 2 nitrogen and oxygen atoms in total. The number of carbonyl (C=O) groups excluding carboxylic acids is 1. The summed E-state index contributed by atoms with van der Waals surface area (Å²) in [6.07, 6.45) is 4.66. The molecule has 15 heavy (non-hydrogen) atoms. The standard InChI is InChI=1S/C13H17NO/c1-3-13(15)12-8-6-11(7-9-12)5-4-10-14-2/h4-9,14H,3,10H2,1-2H3. The molecule has 0 aliphatic carbocycles. The normalized spacial score (nSPS) is 10.8. The van der Waals surface area contributed by atoms with Gasteiger partial charge in [0.1, 0.15) is 0 Å². The van der Waals surface area contributed by atoms with E-state index in [0.29, 0.717) is 6.42 Å². The van der Waals surface area contributed by atoms with Gasteiger partial charge >= 0.3 is 0 Å². The summed E-state index contributed by atoms with van der Waals surface area (Å²) >= 11 is 0. The minimum atomic E-state index is 0.195. The number of hydrogen-bond acceptors (Lipinski definition) is 2. The van der Waals surface area contributed by atoms with E-state index in [2.05, 4.69) is 11.4 Å². The average molecular weight is 203 g/mol. The second-order valence-electron chi connectivity index (χ2n) is 3.36. The predicted octanol–water partition coefficient (Wildman–Crippen LogP) is 2.51. The van der Waals surface area contributed by atoms with Crippen molar-refractivity contribution in [2.75, 3.05) is 13.6 Å². The van der Waals surface area contributed by atoms with Gasteiger partial charge in [-0.2, -0.15) is 0 Å². The summed E-state index contributed by atoms with van der Waals surface area (Å²) in [5, 5.41) is 3.04. The lowest BCUT2D eigenvalue weighted by molar-refractivity contribution is 0.0988. The Hall–Kier alpha value is -1.41. The zero-order valence-electron chi connectivity index (χ0n) is 9.29. The Kier molecular flexibility index (Phi) is 4.78. The second-order valence-corrected chi connectivity index (χ2v) is 3.36. The Morgan fingerprint density at radius 3 is 2.53 bits per heavy atom. The van der Waals surface area contributed by atoms with Crippen molar-refractivity contribution in [1.82, 2.24) is 5.32 Å². The van der Waals surface area contributed by atoms with Crippen molar-refractivity contribution in [1.29, 1.82) is 0 Å². The highest BCUT2D eigenvalue weighted by atomic mass is 16.1. The molecule has 0 saturated heterocycles. The number of hydrogen-bond donors (Lipinski definition) is 1. The van der Waals surface area contributed by atoms with E-state index in [4.69, 9.17) is 0 Å². The van der Waals surface area contributed by atoms with Crippen LogP contribution in [0, 0.1) is 0 Å². The number of nitrogens with one attached hydrogen (secondary N) is 1. The van der Waals surface area contributed by atoms with Crippen LogP contribution in [0.2, 0.25) is 0 Å². The first kappa shape index (κ1) is 11.7. The van der Waals surface area contributed by atoms with Gasteiger partial charge < -0.3 is 5.32 Å². The highest BCUT2D eigenvalue weighted by molar-refractivity contribution is 5.95. The van der Waals surface area contributed by atoms with Gasteiger partial charge in [0.05, 0.1) is 0 Å². The van der Waals surface area contributed by atoms with E-state index >= 15 is 0 Å². The van der Waals surface area contributed by atoms with Crippen LogP contribution >= 0.6 is 0 Å². The van der Waals surface area contributed by atoms with Gasteiger partial charge in [0, 0.05) is 18.5 Å². The number of carbonyl (C=O) groups is 1. The molecule has 0 fully saturated rings. The Morgan fingerprint density at radius 2 is 2.00 bits per heavy atom. The summed E-state index contributed by atoms with van der Waals surface area (Å²) in [6, 6.07) is 7.69. The molecule has 0 atom stereocenters. The summed E-state index contributed by atoms with van der Waals surface area (Å²) in [5.74, 6) is 0.195. The smallest absolute Gasteiger partial charge is 0.162 e. The SMILES string of the molecule is CCC(=O)c1ccc(C=CCNC)cc1. The first-order chi connectivity index (χ1) is 7.27. The molecular weight excluding hydrogens is 186 g/mol. The molecule has 0 bridgehead atoms. The maximum atomic E-state index is 11.4. The molecule has 1 aromatic carbocycles. The Labute approximate surface area is 91.0 Å². The highest BCUT2D eigenvalue weighted by Crippen LogP contribution is 2.08. The van der Waals surface area contributed by atoms with Crippen LogP contribution in [0.15, 0.2) is 30.3 Å². The van der Waals surface area contributed by atoms with Crippen LogP contribution in [0.4, 0.5) is 0 Å². The number of Topliss-reactive ketones (excluding diaryl/α,β-unsaturated/α-hetero) is 1. The van der Waals surface area contributed by atoms with Crippen molar-refractivity contribution in [2.24, 2.45) is 0 Å². The first-order valence-corrected chi connectivity index (χ1v) is 5.22. The summed E-state index contributed by atoms with van der Waals surface area (Å²) in [5.41, 5.74) is 1.92. The quantitative estimate of drug-likeness (QED) is 0.745. The number of ketones is 1. The van der Waals surface area contributed by atoms with E-state index < -0.39 is 0 Å². The van der Waals surface area contributed by atoms with Gasteiger partial charge in [0.2, 0.25) is 0 Å². The molecule has 2 heteroatoms. The van der Waals surface area contributed by atoms with Crippen LogP contribution in [0.3, 0.4) is 0 Å². The Bertz CT molecular complexity index is 338. The fourth-order valence-electron chi connectivity index (χ4n) is 1.30. The van der Waals surface area contributed by atoms with E-state index in [0.717, 1.165) is 17.7 Å². The summed E-state index contributed by atoms with van der Waals surface area (Å²) in [7, 11) is 1.91. The number of benzene rings is 1. The maximum Gasteiger partial charge on any atom is 0.162 e. The zero-order chi connectivity index (χ0) is 11.1. The second kappa shape index (κ2) is 6.14. The molecule has 0 radical (unpaired) electrons. The van der Waals surface area contributed by atoms with Crippen LogP contribution in [0.5, 0.6) is 0 Å². The van der Waals surface area contributed by atoms with E-state index in [1.807, 2.05) is 44.3 Å². The van der Waals surface area contributed by atoms with Gasteiger partial charge in [0.15, 0.2) is 5.78 Å². The van der Waals surface area contributed by atoms with Crippen molar-refractivity contribution in [3.8, 4) is 0 Å². The molecule has 0 aliphatic heterocycles. The molecule has 80 valence electrons. The van der Waals surface area contributed by atoms with Crippen LogP contribution in [-0.2, 0) is 0 Å². The zero-order valence-corrected chi connectivity index (χ0v) is 9.29. The van der Waals surface area contributed by atoms with Gasteiger partial charge in [-0.05, 0) is 12.6 Å². The largest absolute Gasteiger partial charge is 0.316 e. The molecule has 0 saturated carbocycles. The van der Waals surface area contributed by atoms with E-state index in [-0.39, 0.29) is 5.78 Å². The summed E-state index contributed by atoms with van der Waals surface area (Å²) < 4.78 is 0. The lowest BCUT2D eigenvalue weighted by atomic mass is 10.1. The molecule has 1 N–H and O–H groups in total. The molecule has 0 aromatic heterocycles. The van der Waals surface area contributed by atoms with Crippen molar-refractivity contribution in [3.05, 3.63) is 41.5 Å². The van der Waals surface area contributed by atoms with Gasteiger partial charge in [-0.1, -0.05) is 43.3 Å². The molecule has 0 unspecified atom stereocenters. The molecule has 1 aromatic rings. The van der Waals surface area contributed by atoms with Gasteiger partial charge in [-0.3, -0.25) is 4.79 Å². The number of likely N-dealkylation sites (N-methyl/N-ethyl adjacent to an activating group) is 1. The van der Waals surface area contributed by atoms with Crippen molar-refractivity contribution < 1.29 is 4.79 Å². The maximum absolute atomic E-state index is 11.4. The van der Waals surface area contributed by atoms with Gasteiger partial charge in [-0.15, -0.1) is 0 Å². The van der Waals surface area contributed by atoms with Crippen LogP contribution < -0.4 is 5.32 Å². The Balaban J connectivity index is 2.68. The average Bonchev–Trinajstić information content (AvgIpc) is 2.29. The van der Waals surface area contributed by atoms with E-state index in [9.17, 15) is 4.79 Å². The monoisotopic (exact) mass is 203 g/mol. The lowest BCUT2D eigenvalue weighted by Gasteiger charge is -1.98. The minimum absolute atomic E-state index is 0.195. The van der Waals surface area contributed by atoms with E-state index in [1.165, 1.54) is 0 Å². The molecular formula is C13H17NO. The third-order valence-corrected chi connectivity index (χ3v) is 2.19. The molecule has 0 amide bonds. The fraction of sp³-hybridized carbons (Fsp3) is 0.308. The molecule has 1 rings (SSSR count). The summed E-state index contributed by atoms with van der Waals surface area (Å²) in [4.78, 5) is 11.4. The Morgan fingerprint density at radius 1 is 1.33 bits per heavy atom. The first-order valence-electron chi connectivity index (χ1n) is 5.22. The van der Waals surface area contributed by atoms with Crippen LogP contribution in [0.25, 0.3) is 6.08 Å². The molecule has 0 spiro atoms. The van der Waals surface area contributed by atoms with Crippen molar-refractivity contribution in [2.45, 2.75) is 13.3 Å². The summed E-state index contributed by atoms with van der Waals surface area (Å²) in [6.45, 7) is 2.73. The topological polar surface area (TPSA) is 29.1 Å². The third kappa shape index (κ3) is 3.68. The highest BCUT2D eigenvalue weighted by Gasteiger charge is 2.00. The molecule has 0 heterocycles. The number of rotatable bonds is 5. The molecule has 0 aliphatic rings. The van der Waals surface area contributed by atoms with Crippen molar-refractivity contribution in [3.63, 3.8) is 0 Å². The predicted molar refractivity (Wildman–Crippen MR) is 64.0 cm³/mol. The van der Waals surface area contributed by atoms with Crippen LogP contribution in [0.1, 0.15) is 29.3 Å². The van der Waals surface area contributed by atoms with Gasteiger partial charge in [0.25, 0.3) is 0 Å². The third-order valence-electron chi connectivity index (χ3n) is 2.19. The van der Waals surface area contributed by atoms with Gasteiger partial charge in [-0.25, -0.2) is 0 Å². The van der Waals surface area contributed by atoms with E-state index in [1.54, 1.807) is 0 Å². The fourth-order valence-corrected chi connectivity index (χ4v) is 1.30. The minimum Gasteiger partial charge on any atom is -0.316 e. The van der Waals surface area contributed by atoms with Crippen molar-refractivity contribution >= 4 is 11.9 Å². The lowest BCUT2D eigenvalue weighted by Crippen LogP contribution is -2.03.